The molecule has 18 heavy (non-hydrogen) atoms. The molecular formula is C13H14N4S. The highest BCUT2D eigenvalue weighted by Gasteiger charge is 2.09. The number of fused-ring (bicyclic) bond motifs is 1. The summed E-state index contributed by atoms with van der Waals surface area (Å²) in [5.74, 6) is 0.325. The summed E-state index contributed by atoms with van der Waals surface area (Å²) in [7, 11) is 0. The largest absolute Gasteiger partial charge is 0.366 e. The average Bonchev–Trinajstić information content (AvgIpc) is 2.89. The van der Waals surface area contributed by atoms with E-state index in [0.717, 1.165) is 22.6 Å². The fraction of sp³-hybridized carbons (Fsp3) is 0.231. The van der Waals surface area contributed by atoms with Crippen LogP contribution in [0.25, 0.3) is 16.2 Å². The Morgan fingerprint density at radius 1 is 1.28 bits per heavy atom. The Labute approximate surface area is 109 Å². The molecule has 0 spiro atoms. The van der Waals surface area contributed by atoms with Gasteiger partial charge in [0.05, 0.1) is 5.69 Å². The quantitative estimate of drug-likeness (QED) is 0.785. The van der Waals surface area contributed by atoms with Gasteiger partial charge in [-0.05, 0) is 12.0 Å². The zero-order valence-corrected chi connectivity index (χ0v) is 10.9. The number of benzene rings is 1. The third kappa shape index (κ3) is 1.86. The Kier molecular flexibility index (Phi) is 2.76. The van der Waals surface area contributed by atoms with Gasteiger partial charge in [0.15, 0.2) is 0 Å². The van der Waals surface area contributed by atoms with Crippen molar-refractivity contribution in [3.05, 3.63) is 35.2 Å². The lowest BCUT2D eigenvalue weighted by Gasteiger charge is -2.01. The highest BCUT2D eigenvalue weighted by molar-refractivity contribution is 7.15. The molecule has 4 nitrogen and oxygen atoms in total. The first kappa shape index (κ1) is 11.2. The van der Waals surface area contributed by atoms with E-state index in [1.165, 1.54) is 12.0 Å². The van der Waals surface area contributed by atoms with Crippen LogP contribution >= 0.6 is 11.3 Å². The number of nitrogens with zero attached hydrogens (tertiary/aromatic N) is 3. The SMILES string of the molecule is CCCc1ccc(-c2csc3nc(N)nn23)cc1. The zero-order valence-electron chi connectivity index (χ0n) is 10.1. The number of anilines is 1. The average molecular weight is 258 g/mol. The van der Waals surface area contributed by atoms with Crippen LogP contribution in [0.1, 0.15) is 18.9 Å². The fourth-order valence-corrected chi connectivity index (χ4v) is 2.86. The van der Waals surface area contributed by atoms with Crippen molar-refractivity contribution in [2.24, 2.45) is 0 Å². The van der Waals surface area contributed by atoms with Gasteiger partial charge in [-0.1, -0.05) is 37.6 Å². The summed E-state index contributed by atoms with van der Waals surface area (Å²) in [5.41, 5.74) is 9.16. The molecule has 92 valence electrons. The van der Waals surface area contributed by atoms with Crippen molar-refractivity contribution in [1.29, 1.82) is 0 Å². The van der Waals surface area contributed by atoms with Gasteiger partial charge in [0, 0.05) is 10.9 Å². The molecule has 0 unspecified atom stereocenters. The molecule has 0 saturated heterocycles. The number of thiazole rings is 1. The molecule has 1 aromatic carbocycles. The van der Waals surface area contributed by atoms with Gasteiger partial charge in [-0.25, -0.2) is 4.52 Å². The summed E-state index contributed by atoms with van der Waals surface area (Å²) in [6.45, 7) is 2.19. The highest BCUT2D eigenvalue weighted by atomic mass is 32.1. The topological polar surface area (TPSA) is 56.2 Å². The van der Waals surface area contributed by atoms with E-state index in [2.05, 4.69) is 46.7 Å². The summed E-state index contributed by atoms with van der Waals surface area (Å²) in [6.07, 6.45) is 2.29. The van der Waals surface area contributed by atoms with Gasteiger partial charge >= 0.3 is 0 Å². The van der Waals surface area contributed by atoms with Crippen LogP contribution in [0.4, 0.5) is 5.95 Å². The lowest BCUT2D eigenvalue weighted by atomic mass is 10.1. The van der Waals surface area contributed by atoms with Crippen LogP contribution < -0.4 is 5.73 Å². The van der Waals surface area contributed by atoms with E-state index in [9.17, 15) is 0 Å². The molecule has 2 N–H and O–H groups in total. The lowest BCUT2D eigenvalue weighted by Crippen LogP contribution is -1.91. The van der Waals surface area contributed by atoms with Crippen molar-refractivity contribution in [3.63, 3.8) is 0 Å². The minimum atomic E-state index is 0.325. The normalized spacial score (nSPS) is 11.2. The minimum absolute atomic E-state index is 0.325. The van der Waals surface area contributed by atoms with Gasteiger partial charge in [0.1, 0.15) is 0 Å². The molecule has 0 bridgehead atoms. The summed E-state index contributed by atoms with van der Waals surface area (Å²) in [5, 5.41) is 6.26. The number of hydrogen-bond donors (Lipinski definition) is 1. The maximum Gasteiger partial charge on any atom is 0.241 e. The molecule has 0 aliphatic rings. The smallest absolute Gasteiger partial charge is 0.241 e. The first-order valence-corrected chi connectivity index (χ1v) is 6.85. The summed E-state index contributed by atoms with van der Waals surface area (Å²) in [4.78, 5) is 4.99. The van der Waals surface area contributed by atoms with Gasteiger partial charge in [0.25, 0.3) is 0 Å². The van der Waals surface area contributed by atoms with E-state index >= 15 is 0 Å². The highest BCUT2D eigenvalue weighted by Crippen LogP contribution is 2.25. The Morgan fingerprint density at radius 3 is 2.78 bits per heavy atom. The van der Waals surface area contributed by atoms with Gasteiger partial charge in [0.2, 0.25) is 10.9 Å². The second kappa shape index (κ2) is 4.42. The Hall–Kier alpha value is -1.88. The molecule has 2 heterocycles. The zero-order chi connectivity index (χ0) is 12.5. The predicted molar refractivity (Wildman–Crippen MR) is 74.7 cm³/mol. The number of aromatic nitrogens is 3. The van der Waals surface area contributed by atoms with Gasteiger partial charge in [-0.3, -0.25) is 0 Å². The monoisotopic (exact) mass is 258 g/mol. The molecule has 0 amide bonds. The minimum Gasteiger partial charge on any atom is -0.366 e. The molecule has 0 radical (unpaired) electrons. The van der Waals surface area contributed by atoms with Crippen LogP contribution in [0.2, 0.25) is 0 Å². The van der Waals surface area contributed by atoms with E-state index in [4.69, 9.17) is 5.73 Å². The number of hydrogen-bond acceptors (Lipinski definition) is 4. The van der Waals surface area contributed by atoms with Crippen LogP contribution in [0.15, 0.2) is 29.6 Å². The summed E-state index contributed by atoms with van der Waals surface area (Å²) < 4.78 is 1.80. The molecule has 0 saturated carbocycles. The fourth-order valence-electron chi connectivity index (χ4n) is 2.03. The molecule has 0 aliphatic heterocycles. The first-order valence-electron chi connectivity index (χ1n) is 5.97. The Morgan fingerprint density at radius 2 is 2.06 bits per heavy atom. The number of nitrogen functional groups attached to an aromatic ring is 1. The van der Waals surface area contributed by atoms with E-state index in [1.807, 2.05) is 0 Å². The summed E-state index contributed by atoms with van der Waals surface area (Å²) >= 11 is 1.55. The van der Waals surface area contributed by atoms with E-state index in [-0.39, 0.29) is 0 Å². The number of aryl methyl sites for hydroxylation is 1. The molecular weight excluding hydrogens is 244 g/mol. The maximum absolute atomic E-state index is 5.61. The molecule has 3 rings (SSSR count). The van der Waals surface area contributed by atoms with Crippen LogP contribution in [0.5, 0.6) is 0 Å². The Bertz CT molecular complexity index is 666. The van der Waals surface area contributed by atoms with Crippen molar-refractivity contribution < 1.29 is 0 Å². The number of rotatable bonds is 3. The first-order chi connectivity index (χ1) is 8.78. The van der Waals surface area contributed by atoms with Crippen molar-refractivity contribution in [2.45, 2.75) is 19.8 Å². The van der Waals surface area contributed by atoms with Gasteiger partial charge in [-0.2, -0.15) is 4.98 Å². The van der Waals surface area contributed by atoms with Crippen molar-refractivity contribution in [3.8, 4) is 11.3 Å². The van der Waals surface area contributed by atoms with Crippen LogP contribution in [-0.4, -0.2) is 14.6 Å². The third-order valence-electron chi connectivity index (χ3n) is 2.89. The second-order valence-electron chi connectivity index (χ2n) is 4.23. The van der Waals surface area contributed by atoms with E-state index < -0.39 is 0 Å². The molecule has 0 aliphatic carbocycles. The maximum atomic E-state index is 5.61. The van der Waals surface area contributed by atoms with Crippen LogP contribution in [-0.2, 0) is 6.42 Å². The number of nitrogens with two attached hydrogens (primary N) is 1. The second-order valence-corrected chi connectivity index (χ2v) is 5.07. The van der Waals surface area contributed by atoms with Crippen molar-refractivity contribution in [2.75, 3.05) is 5.73 Å². The van der Waals surface area contributed by atoms with Gasteiger partial charge < -0.3 is 5.73 Å². The van der Waals surface area contributed by atoms with E-state index in [1.54, 1.807) is 15.9 Å². The van der Waals surface area contributed by atoms with Crippen LogP contribution in [0, 0.1) is 0 Å². The van der Waals surface area contributed by atoms with Crippen molar-refractivity contribution >= 4 is 22.2 Å². The Balaban J connectivity index is 2.02. The van der Waals surface area contributed by atoms with Crippen molar-refractivity contribution in [1.82, 2.24) is 14.6 Å². The van der Waals surface area contributed by atoms with Gasteiger partial charge in [-0.15, -0.1) is 16.4 Å². The van der Waals surface area contributed by atoms with Crippen LogP contribution in [0.3, 0.4) is 0 Å². The predicted octanol–water partition coefficient (Wildman–Crippen LogP) is 2.99. The van der Waals surface area contributed by atoms with E-state index in [0.29, 0.717) is 5.95 Å². The molecule has 0 fully saturated rings. The summed E-state index contributed by atoms with van der Waals surface area (Å²) in [6, 6.07) is 8.60. The molecule has 3 aromatic rings. The standard InChI is InChI=1S/C13H14N4S/c1-2-3-9-4-6-10(7-5-9)11-8-18-13-15-12(14)16-17(11)13/h4-8H,2-3H2,1H3,(H2,14,16). The molecule has 0 atom stereocenters. The molecule has 2 aromatic heterocycles. The lowest BCUT2D eigenvalue weighted by molar-refractivity contribution is 0.921. The molecule has 5 heteroatoms. The third-order valence-corrected chi connectivity index (χ3v) is 3.70.